The fraction of sp³-hybridized carbons (Fsp3) is 0.389. The van der Waals surface area contributed by atoms with E-state index in [0.29, 0.717) is 60.7 Å². The Morgan fingerprint density at radius 3 is 2.29 bits per heavy atom. The fourth-order valence-electron chi connectivity index (χ4n) is 5.41. The van der Waals surface area contributed by atoms with Gasteiger partial charge in [0.25, 0.3) is 5.91 Å². The number of anilines is 4. The molecule has 12 nitrogen and oxygen atoms in total. The number of nitrogen functional groups attached to an aromatic ring is 1. The molecule has 0 bridgehead atoms. The molecule has 3 aromatic carbocycles. The molecular formula is C36H46N6O6. The topological polar surface area (TPSA) is 166 Å². The maximum atomic E-state index is 13.8. The number of nitrogens with zero attached hydrogens (tertiary/aromatic N) is 2. The summed E-state index contributed by atoms with van der Waals surface area (Å²) in [5.74, 6) is -0.511. The summed E-state index contributed by atoms with van der Waals surface area (Å²) in [7, 11) is 1.68. The number of fused-ring (bicyclic) bond motifs is 1. The minimum absolute atomic E-state index is 0.131. The lowest BCUT2D eigenvalue weighted by atomic mass is 9.99. The van der Waals surface area contributed by atoms with E-state index in [9.17, 15) is 24.3 Å². The molecule has 6 N–H and O–H groups in total. The first kappa shape index (κ1) is 35.7. The van der Waals surface area contributed by atoms with Crippen molar-refractivity contribution in [2.75, 3.05) is 48.4 Å². The summed E-state index contributed by atoms with van der Waals surface area (Å²) in [4.78, 5) is 54.9. The van der Waals surface area contributed by atoms with Crippen molar-refractivity contribution >= 4 is 46.5 Å². The summed E-state index contributed by atoms with van der Waals surface area (Å²) in [6.45, 7) is 4.04. The number of carbonyl (C=O) groups is 4. The monoisotopic (exact) mass is 658 g/mol. The second kappa shape index (κ2) is 17.2. The van der Waals surface area contributed by atoms with Gasteiger partial charge in [-0.3, -0.25) is 14.4 Å². The van der Waals surface area contributed by atoms with Gasteiger partial charge in [-0.05, 0) is 62.2 Å². The minimum Gasteiger partial charge on any atom is -0.487 e. The summed E-state index contributed by atoms with van der Waals surface area (Å²) < 4.78 is 6.38. The number of unbranched alkanes of at least 4 members (excludes halogenated alkanes) is 2. The molecule has 3 atom stereocenters. The molecule has 0 saturated heterocycles. The van der Waals surface area contributed by atoms with E-state index in [1.165, 1.54) is 4.90 Å². The van der Waals surface area contributed by atoms with E-state index in [-0.39, 0.29) is 54.8 Å². The molecule has 48 heavy (non-hydrogen) atoms. The molecule has 0 spiro atoms. The molecule has 256 valence electrons. The van der Waals surface area contributed by atoms with Crippen molar-refractivity contribution in [3.63, 3.8) is 0 Å². The van der Waals surface area contributed by atoms with Gasteiger partial charge in [0.1, 0.15) is 11.9 Å². The Kier molecular flexibility index (Phi) is 12.8. The molecule has 1 aliphatic heterocycles. The predicted octanol–water partition coefficient (Wildman–Crippen LogP) is 5.18. The highest BCUT2D eigenvalue weighted by Crippen LogP contribution is 2.31. The Labute approximate surface area is 281 Å². The van der Waals surface area contributed by atoms with E-state index >= 15 is 0 Å². The molecule has 1 aliphatic rings. The third kappa shape index (κ3) is 9.95. The largest absolute Gasteiger partial charge is 0.487 e. The molecule has 1 heterocycles. The highest BCUT2D eigenvalue weighted by atomic mass is 16.5. The van der Waals surface area contributed by atoms with E-state index in [2.05, 4.69) is 16.0 Å². The average molecular weight is 659 g/mol. The van der Waals surface area contributed by atoms with Crippen LogP contribution in [0.4, 0.5) is 27.5 Å². The lowest BCUT2D eigenvalue weighted by molar-refractivity contribution is -0.116. The molecule has 0 radical (unpaired) electrons. The molecule has 0 aliphatic carbocycles. The van der Waals surface area contributed by atoms with Crippen LogP contribution in [0.3, 0.4) is 0 Å². The summed E-state index contributed by atoms with van der Waals surface area (Å²) in [5, 5.41) is 18.5. The standard InChI is InChI=1S/C36H46N6O6/c1-24-21-42(25(2)23-43)35(46)28-20-27(38-33(44)16-8-5-9-17-34(45)40-30-15-11-10-14-29(30)37)18-19-31(28)48-32(24)22-41(3)36(47)39-26-12-6-4-7-13-26/h4,6-7,10-15,18-20,24-25,32,43H,5,8-9,16-17,21-23,37H2,1-3H3,(H,38,44)(H,39,47)(H,40,45)/t24-,25+,32-/m0/s1. The number of aliphatic hydroxyl groups excluding tert-OH is 1. The van der Waals surface area contributed by atoms with Gasteiger partial charge >= 0.3 is 6.03 Å². The van der Waals surface area contributed by atoms with Gasteiger partial charge in [0.15, 0.2) is 0 Å². The second-order valence-corrected chi connectivity index (χ2v) is 12.3. The van der Waals surface area contributed by atoms with Crippen LogP contribution in [0.2, 0.25) is 0 Å². The number of para-hydroxylation sites is 3. The van der Waals surface area contributed by atoms with E-state index in [1.807, 2.05) is 25.1 Å². The first-order valence-electron chi connectivity index (χ1n) is 16.3. The van der Waals surface area contributed by atoms with Crippen molar-refractivity contribution in [3.05, 3.63) is 78.4 Å². The summed E-state index contributed by atoms with van der Waals surface area (Å²) in [5.41, 5.74) is 8.33. The zero-order valence-electron chi connectivity index (χ0n) is 27.8. The van der Waals surface area contributed by atoms with Gasteiger partial charge in [-0.25, -0.2) is 4.79 Å². The molecule has 0 fully saturated rings. The van der Waals surface area contributed by atoms with Gasteiger partial charge in [0.05, 0.1) is 36.1 Å². The second-order valence-electron chi connectivity index (χ2n) is 12.3. The maximum Gasteiger partial charge on any atom is 0.321 e. The van der Waals surface area contributed by atoms with Crippen molar-refractivity contribution in [1.82, 2.24) is 9.80 Å². The first-order chi connectivity index (χ1) is 23.0. The third-order valence-corrected chi connectivity index (χ3v) is 8.32. The molecule has 0 unspecified atom stereocenters. The minimum atomic E-state index is -0.468. The van der Waals surface area contributed by atoms with Crippen LogP contribution in [0.1, 0.15) is 56.3 Å². The van der Waals surface area contributed by atoms with Gasteiger partial charge in [0, 0.05) is 43.7 Å². The van der Waals surface area contributed by atoms with Gasteiger partial charge in [0.2, 0.25) is 11.8 Å². The number of rotatable bonds is 13. The number of hydrogen-bond donors (Lipinski definition) is 5. The van der Waals surface area contributed by atoms with E-state index in [0.717, 1.165) is 0 Å². The first-order valence-corrected chi connectivity index (χ1v) is 16.3. The zero-order chi connectivity index (χ0) is 34.6. The number of aliphatic hydroxyl groups is 1. The summed E-state index contributed by atoms with van der Waals surface area (Å²) in [6, 6.07) is 20.4. The SMILES string of the molecule is C[C@H](CO)N1C[C@H](C)[C@H](CN(C)C(=O)Nc2ccccc2)Oc2ccc(NC(=O)CCCCCC(=O)Nc3ccccc3N)cc2C1=O. The number of ether oxygens (including phenoxy) is 1. The molecule has 0 saturated carbocycles. The number of amides is 5. The van der Waals surface area contributed by atoms with Crippen LogP contribution >= 0.6 is 0 Å². The van der Waals surface area contributed by atoms with Crippen LogP contribution in [0.5, 0.6) is 5.75 Å². The molecular weight excluding hydrogens is 612 g/mol. The number of likely N-dealkylation sites (N-methyl/N-ethyl adjacent to an activating group) is 1. The lowest BCUT2D eigenvalue weighted by Gasteiger charge is -2.38. The average Bonchev–Trinajstić information content (AvgIpc) is 3.07. The smallest absolute Gasteiger partial charge is 0.321 e. The molecule has 3 aromatic rings. The molecule has 5 amide bonds. The van der Waals surface area contributed by atoms with Crippen molar-refractivity contribution in [2.45, 2.75) is 58.1 Å². The molecule has 4 rings (SSSR count). The lowest BCUT2D eigenvalue weighted by Crippen LogP contribution is -2.50. The zero-order valence-corrected chi connectivity index (χ0v) is 27.8. The number of nitrogens with two attached hydrogens (primary N) is 1. The van der Waals surface area contributed by atoms with E-state index < -0.39 is 12.1 Å². The molecule has 0 aromatic heterocycles. The Bertz CT molecular complexity index is 1570. The van der Waals surface area contributed by atoms with Crippen LogP contribution in [-0.4, -0.2) is 77.5 Å². The van der Waals surface area contributed by atoms with Crippen LogP contribution in [0.25, 0.3) is 0 Å². The third-order valence-electron chi connectivity index (χ3n) is 8.32. The predicted molar refractivity (Wildman–Crippen MR) is 187 cm³/mol. The Morgan fingerprint density at radius 2 is 1.60 bits per heavy atom. The van der Waals surface area contributed by atoms with Crippen molar-refractivity contribution in [3.8, 4) is 5.75 Å². The summed E-state index contributed by atoms with van der Waals surface area (Å²) in [6.07, 6.45) is 2.00. The van der Waals surface area contributed by atoms with Gasteiger partial charge in [-0.2, -0.15) is 0 Å². The van der Waals surface area contributed by atoms with Crippen molar-refractivity contribution in [2.24, 2.45) is 5.92 Å². The molecule has 12 heteroatoms. The van der Waals surface area contributed by atoms with Gasteiger partial charge < -0.3 is 41.3 Å². The maximum absolute atomic E-state index is 13.8. The number of carbonyl (C=O) groups excluding carboxylic acids is 4. The number of benzene rings is 3. The van der Waals surface area contributed by atoms with Gasteiger partial charge in [-0.1, -0.05) is 43.7 Å². The van der Waals surface area contributed by atoms with Crippen LogP contribution < -0.4 is 26.4 Å². The van der Waals surface area contributed by atoms with Crippen LogP contribution in [0.15, 0.2) is 72.8 Å². The fourth-order valence-corrected chi connectivity index (χ4v) is 5.41. The van der Waals surface area contributed by atoms with Crippen molar-refractivity contribution in [1.29, 1.82) is 0 Å². The van der Waals surface area contributed by atoms with Gasteiger partial charge in [-0.15, -0.1) is 0 Å². The van der Waals surface area contributed by atoms with Crippen LogP contribution in [0, 0.1) is 5.92 Å². The number of hydrogen-bond acceptors (Lipinski definition) is 7. The Balaban J connectivity index is 1.36. The normalized spacial score (nSPS) is 16.4. The van der Waals surface area contributed by atoms with E-state index in [1.54, 1.807) is 73.5 Å². The quantitative estimate of drug-likeness (QED) is 0.125. The van der Waals surface area contributed by atoms with Crippen LogP contribution in [-0.2, 0) is 9.59 Å². The summed E-state index contributed by atoms with van der Waals surface area (Å²) >= 11 is 0. The van der Waals surface area contributed by atoms with E-state index in [4.69, 9.17) is 10.5 Å². The number of urea groups is 1. The Morgan fingerprint density at radius 1 is 0.938 bits per heavy atom. The highest BCUT2D eigenvalue weighted by Gasteiger charge is 2.34. The van der Waals surface area contributed by atoms with Crippen molar-refractivity contribution < 1.29 is 29.0 Å². The highest BCUT2D eigenvalue weighted by molar-refractivity contribution is 6.00. The Hall–Kier alpha value is -5.10. The number of nitrogens with one attached hydrogen (secondary N) is 3.